The van der Waals surface area contributed by atoms with Gasteiger partial charge in [0.05, 0.1) is 11.5 Å². The molecule has 0 bridgehead atoms. The Bertz CT molecular complexity index is 1490. The molecule has 0 radical (unpaired) electrons. The van der Waals surface area contributed by atoms with Gasteiger partial charge >= 0.3 is 0 Å². The molecule has 0 fully saturated rings. The fourth-order valence-corrected chi connectivity index (χ4v) is 5.83. The van der Waals surface area contributed by atoms with Crippen molar-refractivity contribution in [2.45, 2.75) is 52.0 Å². The summed E-state index contributed by atoms with van der Waals surface area (Å²) in [6, 6.07) is 10.4. The second-order valence-corrected chi connectivity index (χ2v) is 11.8. The second kappa shape index (κ2) is 9.87. The van der Waals surface area contributed by atoms with Crippen LogP contribution in [0.15, 0.2) is 54.7 Å². The van der Waals surface area contributed by atoms with Gasteiger partial charge in [0.1, 0.15) is 17.5 Å². The van der Waals surface area contributed by atoms with Gasteiger partial charge in [-0.2, -0.15) is 0 Å². The Hall–Kier alpha value is -3.58. The van der Waals surface area contributed by atoms with Crippen LogP contribution in [-0.2, 0) is 27.8 Å². The molecule has 0 unspecified atom stereocenters. The summed E-state index contributed by atoms with van der Waals surface area (Å²) in [5.41, 5.74) is 2.73. The summed E-state index contributed by atoms with van der Waals surface area (Å²) < 4.78 is 27.9. The van der Waals surface area contributed by atoms with Crippen molar-refractivity contribution in [2.75, 3.05) is 11.9 Å². The Morgan fingerprint density at radius 2 is 1.82 bits per heavy atom. The smallest absolute Gasteiger partial charge is 0.237 e. The first kappa shape index (κ1) is 27.0. The number of carbonyl (C=O) groups excluding carboxylic acids is 2. The van der Waals surface area contributed by atoms with Crippen LogP contribution in [0.5, 0.6) is 0 Å². The quantitative estimate of drug-likeness (QED) is 0.387. The van der Waals surface area contributed by atoms with Gasteiger partial charge in [0, 0.05) is 34.8 Å². The van der Waals surface area contributed by atoms with E-state index in [1.54, 1.807) is 18.0 Å². The molecule has 5 rings (SSSR count). The number of benzene rings is 2. The molecule has 2 heterocycles. The zero-order valence-corrected chi connectivity index (χ0v) is 23.1. The van der Waals surface area contributed by atoms with E-state index < -0.39 is 28.5 Å². The molecular weight excluding hydrogens is 520 g/mol. The topological polar surface area (TPSA) is 62.3 Å². The third-order valence-corrected chi connectivity index (χ3v) is 7.96. The molecule has 39 heavy (non-hydrogen) atoms. The van der Waals surface area contributed by atoms with E-state index >= 15 is 0 Å². The molecule has 0 saturated carbocycles. The van der Waals surface area contributed by atoms with Crippen LogP contribution in [0.1, 0.15) is 61.6 Å². The van der Waals surface area contributed by atoms with Gasteiger partial charge in [0.15, 0.2) is 0 Å². The first-order valence-electron chi connectivity index (χ1n) is 12.9. The summed E-state index contributed by atoms with van der Waals surface area (Å²) in [7, 11) is 0. The number of carbonyl (C=O) groups is 2. The lowest BCUT2D eigenvalue weighted by Crippen LogP contribution is -2.41. The number of hydrogen-bond acceptors (Lipinski definition) is 3. The van der Waals surface area contributed by atoms with Gasteiger partial charge in [-0.15, -0.1) is 0 Å². The van der Waals surface area contributed by atoms with Crippen LogP contribution in [0.2, 0.25) is 5.02 Å². The van der Waals surface area contributed by atoms with Crippen molar-refractivity contribution in [1.29, 1.82) is 0 Å². The normalized spacial score (nSPS) is 18.8. The summed E-state index contributed by atoms with van der Waals surface area (Å²) >= 11 is 6.66. The van der Waals surface area contributed by atoms with Crippen molar-refractivity contribution in [3.8, 4) is 0 Å². The number of aromatic nitrogens is 1. The highest BCUT2D eigenvalue weighted by Gasteiger charge is 2.51. The number of amides is 2. The third kappa shape index (κ3) is 4.96. The highest BCUT2D eigenvalue weighted by atomic mass is 35.5. The predicted molar refractivity (Wildman–Crippen MR) is 148 cm³/mol. The number of rotatable bonds is 5. The lowest BCUT2D eigenvalue weighted by molar-refractivity contribution is -0.141. The minimum atomic E-state index is -0.694. The second-order valence-electron chi connectivity index (χ2n) is 11.4. The maximum atomic E-state index is 13.9. The Morgan fingerprint density at radius 3 is 2.49 bits per heavy atom. The largest absolute Gasteiger partial charge is 0.332 e. The predicted octanol–water partition coefficient (Wildman–Crippen LogP) is 6.65. The number of hydrogen-bond donors (Lipinski definition) is 1. The van der Waals surface area contributed by atoms with Crippen LogP contribution in [0, 0.1) is 17.0 Å². The van der Waals surface area contributed by atoms with Crippen LogP contribution in [0.25, 0.3) is 6.08 Å². The van der Waals surface area contributed by atoms with Gasteiger partial charge in [-0.25, -0.2) is 13.8 Å². The van der Waals surface area contributed by atoms with Crippen molar-refractivity contribution >= 4 is 35.3 Å². The van der Waals surface area contributed by atoms with E-state index in [0.717, 1.165) is 28.3 Å². The fraction of sp³-hybridized carbons (Fsp3) is 0.323. The molecule has 0 saturated heterocycles. The molecule has 1 aliphatic heterocycles. The Morgan fingerprint density at radius 1 is 1.15 bits per heavy atom. The van der Waals surface area contributed by atoms with Crippen LogP contribution in [0.3, 0.4) is 0 Å². The highest BCUT2D eigenvalue weighted by Crippen LogP contribution is 2.47. The zero-order chi connectivity index (χ0) is 28.1. The lowest BCUT2D eigenvalue weighted by atomic mass is 9.79. The monoisotopic (exact) mass is 549 g/mol. The molecule has 1 aromatic heterocycles. The van der Waals surface area contributed by atoms with Crippen LogP contribution in [0.4, 0.5) is 14.6 Å². The number of anilines is 1. The van der Waals surface area contributed by atoms with Gasteiger partial charge in [0.2, 0.25) is 11.8 Å². The highest BCUT2D eigenvalue weighted by molar-refractivity contribution is 6.32. The van der Waals surface area contributed by atoms with E-state index in [1.165, 1.54) is 12.1 Å². The number of fused-ring (bicyclic) bond motifs is 3. The van der Waals surface area contributed by atoms with Crippen LogP contribution in [-0.4, -0.2) is 28.2 Å². The number of halogens is 3. The lowest BCUT2D eigenvalue weighted by Gasteiger charge is -2.34. The molecule has 1 aliphatic carbocycles. The third-order valence-electron chi connectivity index (χ3n) is 7.63. The van der Waals surface area contributed by atoms with Gasteiger partial charge in [-0.05, 0) is 72.4 Å². The molecule has 2 atom stereocenters. The summed E-state index contributed by atoms with van der Waals surface area (Å²) in [4.78, 5) is 32.3. The summed E-state index contributed by atoms with van der Waals surface area (Å²) in [5, 5.41) is 3.46. The molecule has 3 aromatic rings. The maximum absolute atomic E-state index is 13.9. The Balaban J connectivity index is 1.40. The van der Waals surface area contributed by atoms with Crippen molar-refractivity contribution in [3.05, 3.63) is 99.2 Å². The van der Waals surface area contributed by atoms with E-state index in [0.29, 0.717) is 29.2 Å². The minimum absolute atomic E-state index is 0.0558. The van der Waals surface area contributed by atoms with E-state index in [9.17, 15) is 18.4 Å². The summed E-state index contributed by atoms with van der Waals surface area (Å²) in [5.74, 6) is -0.969. The van der Waals surface area contributed by atoms with Crippen molar-refractivity contribution in [2.24, 2.45) is 5.41 Å². The van der Waals surface area contributed by atoms with E-state index in [1.807, 2.05) is 57.2 Å². The first-order valence-corrected chi connectivity index (χ1v) is 13.3. The maximum Gasteiger partial charge on any atom is 0.237 e. The van der Waals surface area contributed by atoms with E-state index in [4.69, 9.17) is 11.6 Å². The Kier molecular flexibility index (Phi) is 6.83. The molecule has 1 N–H and O–H groups in total. The summed E-state index contributed by atoms with van der Waals surface area (Å²) in [6.07, 6.45) is 6.43. The molecule has 2 amide bonds. The van der Waals surface area contributed by atoms with Crippen LogP contribution >= 0.6 is 11.6 Å². The number of pyridine rings is 1. The minimum Gasteiger partial charge on any atom is -0.332 e. The van der Waals surface area contributed by atoms with E-state index in [-0.39, 0.29) is 18.4 Å². The molecular formula is C31H30ClF2N3O2. The van der Waals surface area contributed by atoms with Gasteiger partial charge in [-0.1, -0.05) is 50.6 Å². The number of nitrogens with zero attached hydrogens (tertiary/aromatic N) is 2. The van der Waals surface area contributed by atoms with Crippen LogP contribution < -0.4 is 5.32 Å². The molecule has 1 spiro atoms. The van der Waals surface area contributed by atoms with Gasteiger partial charge in [-0.3, -0.25) is 9.59 Å². The van der Waals surface area contributed by atoms with Gasteiger partial charge < -0.3 is 10.2 Å². The van der Waals surface area contributed by atoms with E-state index in [2.05, 4.69) is 10.3 Å². The Labute approximate surface area is 231 Å². The average Bonchev–Trinajstić information content (AvgIpc) is 3.36. The average molecular weight is 550 g/mol. The van der Waals surface area contributed by atoms with Crippen molar-refractivity contribution < 1.29 is 18.4 Å². The SMILES string of the molecule is C[C@H](c1cc(F)cc(F)c1)N(C/C=C/c1cc2c(cc1Cl)C[C@]1(C2)C(=O)Nc2ncccc21)C(=O)C(C)(C)C. The zero-order valence-electron chi connectivity index (χ0n) is 22.3. The fourth-order valence-electron chi connectivity index (χ4n) is 5.58. The molecule has 202 valence electrons. The van der Waals surface area contributed by atoms with Gasteiger partial charge in [0.25, 0.3) is 0 Å². The van der Waals surface area contributed by atoms with Crippen molar-refractivity contribution in [3.63, 3.8) is 0 Å². The molecule has 5 nitrogen and oxygen atoms in total. The molecule has 8 heteroatoms. The summed E-state index contributed by atoms with van der Waals surface area (Å²) in [6.45, 7) is 7.40. The molecule has 2 aliphatic rings. The standard InChI is InChI=1S/C31H30ClF2N3O2/c1-18(20-12-23(33)15-24(34)13-20)37(29(39)30(2,3)4)10-6-7-19-11-21-16-31(17-22(21)14-26(19)32)25-8-5-9-35-27(25)36-28(31)38/h5-9,11-15,18H,10,16-17H2,1-4H3,(H,35,36,38)/b7-6+/t18-,31+/m1/s1. The number of nitrogens with one attached hydrogen (secondary N) is 1. The first-order chi connectivity index (χ1) is 18.4. The molecule has 2 aromatic carbocycles. The van der Waals surface area contributed by atoms with Crippen molar-refractivity contribution in [1.82, 2.24) is 9.88 Å².